The highest BCUT2D eigenvalue weighted by Gasteiger charge is 2.23. The summed E-state index contributed by atoms with van der Waals surface area (Å²) in [5.41, 5.74) is 1.46. The van der Waals surface area contributed by atoms with Crippen LogP contribution in [0.3, 0.4) is 0 Å². The third-order valence-corrected chi connectivity index (χ3v) is 4.20. The van der Waals surface area contributed by atoms with Crippen molar-refractivity contribution in [2.24, 2.45) is 0 Å². The Hall–Kier alpha value is -0.850. The first-order chi connectivity index (χ1) is 9.58. The van der Waals surface area contributed by atoms with E-state index >= 15 is 0 Å². The molecule has 0 bridgehead atoms. The van der Waals surface area contributed by atoms with Gasteiger partial charge in [0, 0.05) is 21.1 Å². The van der Waals surface area contributed by atoms with E-state index in [2.05, 4.69) is 43.9 Å². The number of ether oxygens (including phenoxy) is 1. The highest BCUT2D eigenvalue weighted by molar-refractivity contribution is 9.11. The molecule has 1 atom stereocenters. The Balaban J connectivity index is 2.46. The third kappa shape index (κ3) is 3.07. The molecule has 0 amide bonds. The first-order valence-corrected chi connectivity index (χ1v) is 7.89. The molecular weight excluding hydrogens is 388 g/mol. The SMILES string of the molecule is CCCn1ncc(OC)c1C(O)c1ccc(Br)cc1Br. The monoisotopic (exact) mass is 402 g/mol. The Morgan fingerprint density at radius 2 is 2.15 bits per heavy atom. The summed E-state index contributed by atoms with van der Waals surface area (Å²) in [6, 6.07) is 5.68. The van der Waals surface area contributed by atoms with Gasteiger partial charge in [-0.25, -0.2) is 0 Å². The highest BCUT2D eigenvalue weighted by atomic mass is 79.9. The lowest BCUT2D eigenvalue weighted by Crippen LogP contribution is -2.11. The normalized spacial score (nSPS) is 12.4. The van der Waals surface area contributed by atoms with E-state index < -0.39 is 6.10 Å². The van der Waals surface area contributed by atoms with Crippen molar-refractivity contribution in [2.45, 2.75) is 26.0 Å². The van der Waals surface area contributed by atoms with Gasteiger partial charge in [-0.2, -0.15) is 5.10 Å². The molecule has 1 unspecified atom stereocenters. The molecular formula is C14H16Br2N2O2. The molecule has 0 saturated heterocycles. The molecule has 108 valence electrons. The summed E-state index contributed by atoms with van der Waals surface area (Å²) in [7, 11) is 1.58. The number of aryl methyl sites for hydroxylation is 1. The predicted molar refractivity (Wildman–Crippen MR) is 85.0 cm³/mol. The summed E-state index contributed by atoms with van der Waals surface area (Å²) < 4.78 is 8.89. The van der Waals surface area contributed by atoms with Crippen molar-refractivity contribution in [1.29, 1.82) is 0 Å². The maximum atomic E-state index is 10.7. The highest BCUT2D eigenvalue weighted by Crippen LogP contribution is 2.34. The van der Waals surface area contributed by atoms with Crippen LogP contribution in [-0.2, 0) is 6.54 Å². The minimum absolute atomic E-state index is 0.598. The summed E-state index contributed by atoms with van der Waals surface area (Å²) in [6.45, 7) is 2.81. The Kier molecular flexibility index (Phi) is 5.23. The Bertz CT molecular complexity index is 599. The summed E-state index contributed by atoms with van der Waals surface area (Å²) in [5, 5.41) is 15.0. The van der Waals surface area contributed by atoms with Crippen molar-refractivity contribution < 1.29 is 9.84 Å². The fourth-order valence-electron chi connectivity index (χ4n) is 2.07. The first kappa shape index (κ1) is 15.5. The van der Waals surface area contributed by atoms with Gasteiger partial charge in [-0.3, -0.25) is 4.68 Å². The zero-order valence-corrected chi connectivity index (χ0v) is 14.5. The number of hydrogen-bond donors (Lipinski definition) is 1. The molecule has 6 heteroatoms. The Labute approximate surface area is 135 Å². The zero-order chi connectivity index (χ0) is 14.7. The topological polar surface area (TPSA) is 47.3 Å². The van der Waals surface area contributed by atoms with Crippen molar-refractivity contribution in [2.75, 3.05) is 7.11 Å². The molecule has 1 aromatic carbocycles. The van der Waals surface area contributed by atoms with Gasteiger partial charge in [0.25, 0.3) is 0 Å². The van der Waals surface area contributed by atoms with E-state index in [1.54, 1.807) is 18.0 Å². The van der Waals surface area contributed by atoms with E-state index in [0.717, 1.165) is 27.5 Å². The number of benzene rings is 1. The minimum atomic E-state index is -0.790. The molecule has 0 radical (unpaired) electrons. The van der Waals surface area contributed by atoms with Crippen LogP contribution in [0, 0.1) is 0 Å². The van der Waals surface area contributed by atoms with Crippen LogP contribution in [0.2, 0.25) is 0 Å². The number of aliphatic hydroxyl groups is 1. The van der Waals surface area contributed by atoms with Crippen LogP contribution in [-0.4, -0.2) is 22.0 Å². The maximum absolute atomic E-state index is 10.7. The van der Waals surface area contributed by atoms with Crippen LogP contribution in [0.25, 0.3) is 0 Å². The van der Waals surface area contributed by atoms with E-state index in [9.17, 15) is 5.11 Å². The van der Waals surface area contributed by atoms with E-state index in [0.29, 0.717) is 11.4 Å². The molecule has 2 rings (SSSR count). The quantitative estimate of drug-likeness (QED) is 0.823. The van der Waals surface area contributed by atoms with Crippen LogP contribution < -0.4 is 4.74 Å². The average molecular weight is 404 g/mol. The minimum Gasteiger partial charge on any atom is -0.493 e. The number of hydrogen-bond acceptors (Lipinski definition) is 3. The smallest absolute Gasteiger partial charge is 0.163 e. The van der Waals surface area contributed by atoms with Crippen molar-refractivity contribution in [3.8, 4) is 5.75 Å². The van der Waals surface area contributed by atoms with Gasteiger partial charge in [0.1, 0.15) is 11.8 Å². The molecule has 0 aliphatic heterocycles. The molecule has 0 fully saturated rings. The third-order valence-electron chi connectivity index (χ3n) is 3.02. The lowest BCUT2D eigenvalue weighted by molar-refractivity contribution is 0.201. The van der Waals surface area contributed by atoms with Gasteiger partial charge >= 0.3 is 0 Å². The van der Waals surface area contributed by atoms with Gasteiger partial charge in [0.05, 0.1) is 13.3 Å². The van der Waals surface area contributed by atoms with E-state index in [1.807, 2.05) is 18.2 Å². The average Bonchev–Trinajstić information content (AvgIpc) is 2.81. The van der Waals surface area contributed by atoms with E-state index in [4.69, 9.17) is 4.74 Å². The van der Waals surface area contributed by atoms with Gasteiger partial charge in [-0.1, -0.05) is 44.8 Å². The second-order valence-corrected chi connectivity index (χ2v) is 6.16. The molecule has 20 heavy (non-hydrogen) atoms. The number of nitrogens with zero attached hydrogens (tertiary/aromatic N) is 2. The van der Waals surface area contributed by atoms with Crippen molar-refractivity contribution in [3.05, 3.63) is 44.6 Å². The van der Waals surface area contributed by atoms with Gasteiger partial charge in [-0.05, 0) is 18.6 Å². The van der Waals surface area contributed by atoms with Gasteiger partial charge in [-0.15, -0.1) is 0 Å². The van der Waals surface area contributed by atoms with Gasteiger partial charge < -0.3 is 9.84 Å². The number of methoxy groups -OCH3 is 1. The van der Waals surface area contributed by atoms with Crippen LogP contribution in [0.1, 0.15) is 30.7 Å². The summed E-state index contributed by atoms with van der Waals surface area (Å²) in [6.07, 6.45) is 1.79. The Morgan fingerprint density at radius 1 is 1.40 bits per heavy atom. The molecule has 2 aromatic rings. The maximum Gasteiger partial charge on any atom is 0.163 e. The summed E-state index contributed by atoms with van der Waals surface area (Å²) in [4.78, 5) is 0. The van der Waals surface area contributed by atoms with Crippen molar-refractivity contribution in [1.82, 2.24) is 9.78 Å². The molecule has 0 aliphatic carbocycles. The van der Waals surface area contributed by atoms with Gasteiger partial charge in [0.15, 0.2) is 5.75 Å². The van der Waals surface area contributed by atoms with Crippen LogP contribution in [0.4, 0.5) is 0 Å². The Morgan fingerprint density at radius 3 is 2.75 bits per heavy atom. The van der Waals surface area contributed by atoms with E-state index in [1.165, 1.54) is 0 Å². The number of aliphatic hydroxyl groups excluding tert-OH is 1. The summed E-state index contributed by atoms with van der Waals surface area (Å²) in [5.74, 6) is 0.598. The first-order valence-electron chi connectivity index (χ1n) is 6.31. The van der Waals surface area contributed by atoms with E-state index in [-0.39, 0.29) is 0 Å². The fourth-order valence-corrected chi connectivity index (χ4v) is 3.34. The summed E-state index contributed by atoms with van der Waals surface area (Å²) >= 11 is 6.89. The lowest BCUT2D eigenvalue weighted by atomic mass is 10.1. The lowest BCUT2D eigenvalue weighted by Gasteiger charge is -2.16. The molecule has 1 N–H and O–H groups in total. The fraction of sp³-hybridized carbons (Fsp3) is 0.357. The number of halogens is 2. The second kappa shape index (κ2) is 6.74. The number of rotatable bonds is 5. The molecule has 0 saturated carbocycles. The second-order valence-electron chi connectivity index (χ2n) is 4.39. The molecule has 0 spiro atoms. The molecule has 1 aromatic heterocycles. The largest absolute Gasteiger partial charge is 0.493 e. The standard InChI is InChI=1S/C14H16Br2N2O2/c1-3-6-18-13(12(20-2)8-17-18)14(19)10-5-4-9(15)7-11(10)16/h4-5,7-8,14,19H,3,6H2,1-2H3. The predicted octanol–water partition coefficient (Wildman–Crippen LogP) is 3.91. The van der Waals surface area contributed by atoms with Gasteiger partial charge in [0.2, 0.25) is 0 Å². The zero-order valence-electron chi connectivity index (χ0n) is 11.3. The van der Waals surface area contributed by atoms with Crippen LogP contribution in [0.15, 0.2) is 33.3 Å². The molecule has 0 aliphatic rings. The van der Waals surface area contributed by atoms with Crippen LogP contribution in [0.5, 0.6) is 5.75 Å². The van der Waals surface area contributed by atoms with Crippen LogP contribution >= 0.6 is 31.9 Å². The van der Waals surface area contributed by atoms with Crippen molar-refractivity contribution in [3.63, 3.8) is 0 Å². The molecule has 1 heterocycles. The van der Waals surface area contributed by atoms with Crippen molar-refractivity contribution >= 4 is 31.9 Å². The molecule has 4 nitrogen and oxygen atoms in total. The number of aromatic nitrogens is 2.